The number of hydrogen-bond acceptors (Lipinski definition) is 6. The first kappa shape index (κ1) is 15.4. The smallest absolute Gasteiger partial charge is 0.191 e. The van der Waals surface area contributed by atoms with E-state index in [2.05, 4.69) is 26.9 Å². The molecular formula is C12H22N4S2. The molecule has 1 aromatic heterocycles. The molecule has 1 heterocycles. The second-order valence-electron chi connectivity index (χ2n) is 3.86. The molecule has 18 heavy (non-hydrogen) atoms. The van der Waals surface area contributed by atoms with Gasteiger partial charge < -0.3 is 10.6 Å². The summed E-state index contributed by atoms with van der Waals surface area (Å²) in [6.45, 7) is 0.975. The number of nitrogens with zero attached hydrogens (tertiary/aromatic N) is 2. The van der Waals surface area contributed by atoms with E-state index < -0.39 is 0 Å². The Balaban J connectivity index is 2.36. The zero-order valence-corrected chi connectivity index (χ0v) is 13.0. The maximum absolute atomic E-state index is 4.43. The van der Waals surface area contributed by atoms with Crippen molar-refractivity contribution >= 4 is 35.2 Å². The van der Waals surface area contributed by atoms with Crippen molar-refractivity contribution in [3.63, 3.8) is 0 Å². The molecule has 0 atom stereocenters. The van der Waals surface area contributed by atoms with Crippen LogP contribution < -0.4 is 10.6 Å². The normalized spacial score (nSPS) is 10.4. The van der Waals surface area contributed by atoms with Crippen LogP contribution in [0.4, 0.5) is 11.6 Å². The highest BCUT2D eigenvalue weighted by Crippen LogP contribution is 2.16. The summed E-state index contributed by atoms with van der Waals surface area (Å²) >= 11 is 3.47. The zero-order valence-electron chi connectivity index (χ0n) is 11.3. The van der Waals surface area contributed by atoms with E-state index in [1.54, 1.807) is 11.8 Å². The number of thioether (sulfide) groups is 2. The van der Waals surface area contributed by atoms with Gasteiger partial charge in [0.15, 0.2) is 5.16 Å². The van der Waals surface area contributed by atoms with Gasteiger partial charge in [-0.15, -0.1) is 0 Å². The number of anilines is 2. The standard InChI is InChI=1S/C12H22N4S2/c1-13-10-9-11(16-12(15-10)18-3)14-7-5-4-6-8-17-2/h9H,4-8H2,1-3H3,(H2,13,14,15,16). The van der Waals surface area contributed by atoms with Gasteiger partial charge >= 0.3 is 0 Å². The van der Waals surface area contributed by atoms with Crippen LogP contribution in [-0.4, -0.2) is 41.8 Å². The largest absolute Gasteiger partial charge is 0.373 e. The molecule has 0 aliphatic carbocycles. The predicted octanol–water partition coefficient (Wildman–Crippen LogP) is 3.19. The molecule has 0 saturated heterocycles. The van der Waals surface area contributed by atoms with E-state index in [0.29, 0.717) is 0 Å². The van der Waals surface area contributed by atoms with Crippen LogP contribution in [0.1, 0.15) is 19.3 Å². The fourth-order valence-corrected chi connectivity index (χ4v) is 2.37. The molecular weight excluding hydrogens is 264 g/mol. The minimum atomic E-state index is 0.798. The average Bonchev–Trinajstić information content (AvgIpc) is 2.42. The molecule has 1 aromatic rings. The number of hydrogen-bond donors (Lipinski definition) is 2. The van der Waals surface area contributed by atoms with Crippen molar-refractivity contribution < 1.29 is 0 Å². The summed E-state index contributed by atoms with van der Waals surface area (Å²) in [6, 6.07) is 1.95. The third-order valence-electron chi connectivity index (χ3n) is 2.48. The highest BCUT2D eigenvalue weighted by atomic mass is 32.2. The quantitative estimate of drug-likeness (QED) is 0.413. The van der Waals surface area contributed by atoms with Gasteiger partial charge in [-0.2, -0.15) is 11.8 Å². The van der Waals surface area contributed by atoms with Crippen LogP contribution in [0.25, 0.3) is 0 Å². The van der Waals surface area contributed by atoms with Gasteiger partial charge in [0, 0.05) is 19.7 Å². The van der Waals surface area contributed by atoms with E-state index in [1.807, 2.05) is 31.1 Å². The summed E-state index contributed by atoms with van der Waals surface area (Å²) in [6.07, 6.45) is 7.90. The van der Waals surface area contributed by atoms with Gasteiger partial charge in [-0.3, -0.25) is 0 Å². The van der Waals surface area contributed by atoms with Crippen LogP contribution in [0.15, 0.2) is 11.2 Å². The Hall–Kier alpha value is -0.620. The van der Waals surface area contributed by atoms with Crippen molar-refractivity contribution in [1.82, 2.24) is 9.97 Å². The lowest BCUT2D eigenvalue weighted by molar-refractivity contribution is 0.747. The van der Waals surface area contributed by atoms with Gasteiger partial charge in [-0.25, -0.2) is 9.97 Å². The fraction of sp³-hybridized carbons (Fsp3) is 0.667. The second-order valence-corrected chi connectivity index (χ2v) is 5.61. The van der Waals surface area contributed by atoms with Gasteiger partial charge in [0.05, 0.1) is 0 Å². The van der Waals surface area contributed by atoms with Crippen LogP contribution in [0.5, 0.6) is 0 Å². The fourth-order valence-electron chi connectivity index (χ4n) is 1.50. The molecule has 0 amide bonds. The van der Waals surface area contributed by atoms with Crippen LogP contribution in [0.3, 0.4) is 0 Å². The number of unbranched alkanes of at least 4 members (excludes halogenated alkanes) is 2. The molecule has 0 unspecified atom stereocenters. The minimum Gasteiger partial charge on any atom is -0.373 e. The molecule has 0 saturated carbocycles. The van der Waals surface area contributed by atoms with Crippen LogP contribution in [0.2, 0.25) is 0 Å². The second kappa shape index (κ2) is 9.33. The molecule has 0 aliphatic rings. The van der Waals surface area contributed by atoms with E-state index in [4.69, 9.17) is 0 Å². The number of rotatable bonds is 9. The van der Waals surface area contributed by atoms with Crippen molar-refractivity contribution in [3.05, 3.63) is 6.07 Å². The maximum atomic E-state index is 4.43. The molecule has 0 spiro atoms. The SMILES string of the molecule is CNc1cc(NCCCCCSC)nc(SC)n1. The molecule has 0 aliphatic heterocycles. The lowest BCUT2D eigenvalue weighted by atomic mass is 10.2. The molecule has 0 fully saturated rings. The maximum Gasteiger partial charge on any atom is 0.191 e. The summed E-state index contributed by atoms with van der Waals surface area (Å²) < 4.78 is 0. The van der Waals surface area contributed by atoms with E-state index in [0.717, 1.165) is 23.3 Å². The third kappa shape index (κ3) is 5.82. The average molecular weight is 286 g/mol. The van der Waals surface area contributed by atoms with Crippen LogP contribution in [0, 0.1) is 0 Å². The minimum absolute atomic E-state index is 0.798. The predicted molar refractivity (Wildman–Crippen MR) is 84.1 cm³/mol. The molecule has 2 N–H and O–H groups in total. The summed E-state index contributed by atoms with van der Waals surface area (Å²) in [5.74, 6) is 3.02. The van der Waals surface area contributed by atoms with Gasteiger partial charge in [-0.05, 0) is 31.1 Å². The van der Waals surface area contributed by atoms with Gasteiger partial charge in [-0.1, -0.05) is 18.2 Å². The monoisotopic (exact) mass is 286 g/mol. The van der Waals surface area contributed by atoms with Gasteiger partial charge in [0.1, 0.15) is 11.6 Å². The Morgan fingerprint density at radius 1 is 1.11 bits per heavy atom. The highest BCUT2D eigenvalue weighted by Gasteiger charge is 2.02. The number of nitrogens with one attached hydrogen (secondary N) is 2. The topological polar surface area (TPSA) is 49.8 Å². The Labute approximate surface area is 118 Å². The van der Waals surface area contributed by atoms with Crippen molar-refractivity contribution in [2.75, 3.05) is 42.5 Å². The third-order valence-corrected chi connectivity index (χ3v) is 3.72. The summed E-state index contributed by atoms with van der Waals surface area (Å²) in [4.78, 5) is 8.77. The van der Waals surface area contributed by atoms with E-state index in [9.17, 15) is 0 Å². The lowest BCUT2D eigenvalue weighted by Crippen LogP contribution is -2.06. The van der Waals surface area contributed by atoms with Crippen molar-refractivity contribution in [3.8, 4) is 0 Å². The first-order chi connectivity index (χ1) is 8.80. The van der Waals surface area contributed by atoms with E-state index in [1.165, 1.54) is 25.0 Å². The highest BCUT2D eigenvalue weighted by molar-refractivity contribution is 7.98. The van der Waals surface area contributed by atoms with Gasteiger partial charge in [0.25, 0.3) is 0 Å². The Morgan fingerprint density at radius 3 is 2.56 bits per heavy atom. The molecule has 6 heteroatoms. The first-order valence-corrected chi connectivity index (χ1v) is 8.75. The molecule has 1 rings (SSSR count). The van der Waals surface area contributed by atoms with Crippen molar-refractivity contribution in [2.24, 2.45) is 0 Å². The first-order valence-electron chi connectivity index (χ1n) is 6.13. The molecule has 0 aromatic carbocycles. The molecule has 102 valence electrons. The Kier molecular flexibility index (Phi) is 8.00. The van der Waals surface area contributed by atoms with Crippen molar-refractivity contribution in [1.29, 1.82) is 0 Å². The Morgan fingerprint density at radius 2 is 1.89 bits per heavy atom. The van der Waals surface area contributed by atoms with E-state index >= 15 is 0 Å². The zero-order chi connectivity index (χ0) is 13.2. The van der Waals surface area contributed by atoms with E-state index in [-0.39, 0.29) is 0 Å². The molecule has 0 bridgehead atoms. The Bertz CT molecular complexity index is 325. The molecule has 0 radical (unpaired) electrons. The summed E-state index contributed by atoms with van der Waals surface area (Å²) in [5.41, 5.74) is 0. The van der Waals surface area contributed by atoms with Crippen LogP contribution >= 0.6 is 23.5 Å². The lowest BCUT2D eigenvalue weighted by Gasteiger charge is -2.08. The molecule has 4 nitrogen and oxygen atoms in total. The van der Waals surface area contributed by atoms with Crippen molar-refractivity contribution in [2.45, 2.75) is 24.4 Å². The summed E-state index contributed by atoms with van der Waals surface area (Å²) in [5, 5.41) is 7.21. The number of aromatic nitrogens is 2. The van der Waals surface area contributed by atoms with Gasteiger partial charge in [0.2, 0.25) is 0 Å². The summed E-state index contributed by atoms with van der Waals surface area (Å²) in [7, 11) is 1.87. The van der Waals surface area contributed by atoms with Crippen LogP contribution in [-0.2, 0) is 0 Å².